The molecule has 0 radical (unpaired) electrons. The minimum atomic E-state index is -2.71. The van der Waals surface area contributed by atoms with E-state index in [1.165, 1.54) is 14.2 Å². The van der Waals surface area contributed by atoms with E-state index in [2.05, 4.69) is 45.0 Å². The van der Waals surface area contributed by atoms with E-state index in [1.807, 2.05) is 36.4 Å². The third kappa shape index (κ3) is 4.88. The van der Waals surface area contributed by atoms with Crippen molar-refractivity contribution in [1.82, 2.24) is 5.06 Å². The van der Waals surface area contributed by atoms with Gasteiger partial charge in [-0.3, -0.25) is 9.63 Å². The van der Waals surface area contributed by atoms with Crippen LogP contribution in [0.1, 0.15) is 27.2 Å². The van der Waals surface area contributed by atoms with E-state index >= 15 is 0 Å². The number of rotatable bonds is 8. The van der Waals surface area contributed by atoms with E-state index in [9.17, 15) is 9.90 Å². The number of aliphatic hydroxyl groups excluding tert-OH is 1. The Morgan fingerprint density at radius 1 is 1.04 bits per heavy atom. The van der Waals surface area contributed by atoms with Crippen LogP contribution < -0.4 is 10.4 Å². The number of carbonyl (C=O) groups is 1. The number of nitrogens with zero attached hydrogens (tertiary/aromatic N) is 1. The second-order valence-corrected chi connectivity index (χ2v) is 12.2. The molecule has 6 heteroatoms. The van der Waals surface area contributed by atoms with Crippen molar-refractivity contribution < 1.29 is 19.2 Å². The molecule has 0 saturated heterocycles. The fourth-order valence-electron chi connectivity index (χ4n) is 3.47. The topological polar surface area (TPSA) is 59.0 Å². The van der Waals surface area contributed by atoms with Gasteiger partial charge in [-0.1, -0.05) is 81.4 Å². The molecule has 0 fully saturated rings. The van der Waals surface area contributed by atoms with Crippen molar-refractivity contribution in [3.8, 4) is 0 Å². The molecule has 0 spiro atoms. The number of aliphatic hydroxyl groups is 1. The summed E-state index contributed by atoms with van der Waals surface area (Å²) in [5.74, 6) is -0.291. The summed E-state index contributed by atoms with van der Waals surface area (Å²) in [6, 6.07) is 20.4. The maximum absolute atomic E-state index is 12.0. The molecule has 0 aliphatic carbocycles. The van der Waals surface area contributed by atoms with Crippen LogP contribution in [0.3, 0.4) is 0 Å². The molecule has 2 rings (SSSR count). The number of hydrogen-bond acceptors (Lipinski definition) is 4. The summed E-state index contributed by atoms with van der Waals surface area (Å²) in [5.41, 5.74) is 0. The van der Waals surface area contributed by atoms with Gasteiger partial charge in [-0.2, -0.15) is 0 Å². The highest BCUT2D eigenvalue weighted by Crippen LogP contribution is 2.36. The van der Waals surface area contributed by atoms with Crippen LogP contribution in [-0.2, 0) is 14.1 Å². The van der Waals surface area contributed by atoms with E-state index in [0.717, 1.165) is 15.4 Å². The molecule has 0 aliphatic rings. The molecule has 0 bridgehead atoms. The summed E-state index contributed by atoms with van der Waals surface area (Å²) in [4.78, 5) is 16.9. The molecule has 28 heavy (non-hydrogen) atoms. The second-order valence-electron chi connectivity index (χ2n) is 7.91. The lowest BCUT2D eigenvalue weighted by atomic mass is 10.2. The van der Waals surface area contributed by atoms with Crippen LogP contribution in [0, 0.1) is 0 Å². The molecule has 2 aromatic carbocycles. The number of carbonyl (C=O) groups excluding carboxylic acids is 1. The van der Waals surface area contributed by atoms with E-state index in [0.29, 0.717) is 0 Å². The third-order valence-electron chi connectivity index (χ3n) is 4.94. The number of hydrogen-bond donors (Lipinski definition) is 1. The van der Waals surface area contributed by atoms with E-state index in [4.69, 9.17) is 9.26 Å². The van der Waals surface area contributed by atoms with Gasteiger partial charge >= 0.3 is 0 Å². The maximum atomic E-state index is 12.0. The van der Waals surface area contributed by atoms with E-state index < -0.39 is 14.4 Å². The van der Waals surface area contributed by atoms with Gasteiger partial charge in [0.2, 0.25) is 5.91 Å². The van der Waals surface area contributed by atoms with Crippen molar-refractivity contribution in [1.29, 1.82) is 0 Å². The zero-order valence-corrected chi connectivity index (χ0v) is 18.4. The zero-order chi connectivity index (χ0) is 20.8. The van der Waals surface area contributed by atoms with Crippen LogP contribution >= 0.6 is 0 Å². The second kappa shape index (κ2) is 9.47. The molecule has 1 N–H and O–H groups in total. The quantitative estimate of drug-likeness (QED) is 0.545. The molecule has 2 aromatic rings. The van der Waals surface area contributed by atoms with E-state index in [-0.39, 0.29) is 24.0 Å². The van der Waals surface area contributed by atoms with Crippen molar-refractivity contribution in [2.75, 3.05) is 20.8 Å². The van der Waals surface area contributed by atoms with Crippen molar-refractivity contribution >= 4 is 24.6 Å². The van der Waals surface area contributed by atoms with Gasteiger partial charge in [-0.15, -0.1) is 0 Å². The molecule has 1 atom stereocenters. The highest BCUT2D eigenvalue weighted by molar-refractivity contribution is 6.99. The molecule has 0 saturated carbocycles. The molecule has 152 valence electrons. The zero-order valence-electron chi connectivity index (χ0n) is 17.4. The van der Waals surface area contributed by atoms with Gasteiger partial charge in [0.05, 0.1) is 26.2 Å². The third-order valence-corrected chi connectivity index (χ3v) is 9.95. The van der Waals surface area contributed by atoms with Crippen LogP contribution in [0.5, 0.6) is 0 Å². The first-order valence-electron chi connectivity index (χ1n) is 9.46. The van der Waals surface area contributed by atoms with Gasteiger partial charge in [0, 0.05) is 7.05 Å². The molecular formula is C22H31NO4Si. The summed E-state index contributed by atoms with van der Waals surface area (Å²) in [6.45, 7) is 6.61. The molecule has 0 heterocycles. The predicted molar refractivity (Wildman–Crippen MR) is 114 cm³/mol. The standard InChI is InChI=1S/C22H31NO4Si/c1-22(2,3)28(19-12-8-6-9-13-19,20-14-10-7-11-15-20)27-17-18(24)16-21(25)23(4)26-5/h6-15,18,24H,16-17H2,1-5H3/t18-/m0/s1. The SMILES string of the molecule is CON(C)C(=O)C[C@H](O)CO[Si](c1ccccc1)(c1ccccc1)C(C)(C)C. The predicted octanol–water partition coefficient (Wildman–Crippen LogP) is 2.33. The van der Waals surface area contributed by atoms with Gasteiger partial charge in [0.1, 0.15) is 0 Å². The van der Waals surface area contributed by atoms with Crippen LogP contribution in [0.2, 0.25) is 5.04 Å². The van der Waals surface area contributed by atoms with Gasteiger partial charge in [-0.05, 0) is 15.4 Å². The number of benzene rings is 2. The minimum Gasteiger partial charge on any atom is -0.405 e. The highest BCUT2D eigenvalue weighted by Gasteiger charge is 2.50. The Labute approximate surface area is 169 Å². The average Bonchev–Trinajstić information content (AvgIpc) is 2.68. The van der Waals surface area contributed by atoms with Crippen molar-refractivity contribution in [3.05, 3.63) is 60.7 Å². The molecular weight excluding hydrogens is 370 g/mol. The van der Waals surface area contributed by atoms with Crippen LogP contribution in [0.15, 0.2) is 60.7 Å². The fraction of sp³-hybridized carbons (Fsp3) is 0.409. The molecule has 0 unspecified atom stereocenters. The summed E-state index contributed by atoms with van der Waals surface area (Å²) in [6.07, 6.45) is -0.963. The van der Waals surface area contributed by atoms with Gasteiger partial charge in [-0.25, -0.2) is 5.06 Å². The lowest BCUT2D eigenvalue weighted by Crippen LogP contribution is -2.67. The normalized spacial score (nSPS) is 13.2. The van der Waals surface area contributed by atoms with Crippen LogP contribution in [0.25, 0.3) is 0 Å². The fourth-order valence-corrected chi connectivity index (χ4v) is 8.07. The monoisotopic (exact) mass is 401 g/mol. The molecule has 0 aliphatic heterocycles. The Kier molecular flexibility index (Phi) is 7.54. The summed E-state index contributed by atoms with van der Waals surface area (Å²) >= 11 is 0. The summed E-state index contributed by atoms with van der Waals surface area (Å²) < 4.78 is 6.62. The van der Waals surface area contributed by atoms with Gasteiger partial charge in [0.25, 0.3) is 8.32 Å². The van der Waals surface area contributed by atoms with Gasteiger partial charge < -0.3 is 9.53 Å². The first-order valence-corrected chi connectivity index (χ1v) is 11.4. The summed E-state index contributed by atoms with van der Waals surface area (Å²) in [7, 11) is 0.231. The molecule has 5 nitrogen and oxygen atoms in total. The maximum Gasteiger partial charge on any atom is 0.261 e. The van der Waals surface area contributed by atoms with Crippen LogP contribution in [0.4, 0.5) is 0 Å². The smallest absolute Gasteiger partial charge is 0.261 e. The Morgan fingerprint density at radius 2 is 1.50 bits per heavy atom. The summed E-state index contributed by atoms with van der Waals surface area (Å²) in [5, 5.41) is 13.7. The average molecular weight is 402 g/mol. The minimum absolute atomic E-state index is 0.0530. The lowest BCUT2D eigenvalue weighted by Gasteiger charge is -2.43. The van der Waals surface area contributed by atoms with Crippen molar-refractivity contribution in [2.45, 2.75) is 38.3 Å². The first-order chi connectivity index (χ1) is 13.2. The Balaban J connectivity index is 2.38. The van der Waals surface area contributed by atoms with Crippen LogP contribution in [-0.4, -0.2) is 51.3 Å². The lowest BCUT2D eigenvalue weighted by molar-refractivity contribution is -0.171. The number of amides is 1. The Hall–Kier alpha value is -1.99. The first kappa shape index (κ1) is 22.3. The van der Waals surface area contributed by atoms with Gasteiger partial charge in [0.15, 0.2) is 0 Å². The molecule has 1 amide bonds. The largest absolute Gasteiger partial charge is 0.405 e. The van der Waals surface area contributed by atoms with Crippen molar-refractivity contribution in [2.24, 2.45) is 0 Å². The Morgan fingerprint density at radius 3 is 1.89 bits per heavy atom. The Bertz CT molecular complexity index is 707. The van der Waals surface area contributed by atoms with E-state index in [1.54, 1.807) is 0 Å². The number of hydroxylamine groups is 2. The van der Waals surface area contributed by atoms with Crippen molar-refractivity contribution in [3.63, 3.8) is 0 Å². The highest BCUT2D eigenvalue weighted by atomic mass is 28.4. The molecule has 0 aromatic heterocycles.